The Labute approximate surface area is 397 Å². The van der Waals surface area contributed by atoms with Gasteiger partial charge in [0.25, 0.3) is 0 Å². The van der Waals surface area contributed by atoms with E-state index in [1.807, 2.05) is 41.7 Å². The van der Waals surface area contributed by atoms with Crippen molar-refractivity contribution in [2.45, 2.75) is 0 Å². The first-order chi connectivity index (χ1) is 33.7. The molecule has 13 aromatic rings. The zero-order chi connectivity index (χ0) is 45.0. The number of aromatic nitrogens is 5. The zero-order valence-corrected chi connectivity index (χ0v) is 37.5. The molecule has 4 heterocycles. The quantitative estimate of drug-likeness (QED) is 0.153. The predicted molar refractivity (Wildman–Crippen MR) is 283 cm³/mol. The van der Waals surface area contributed by atoms with E-state index in [1.165, 1.54) is 42.4 Å². The molecule has 9 aromatic carbocycles. The minimum Gasteiger partial charge on any atom is -0.309 e. The van der Waals surface area contributed by atoms with Gasteiger partial charge in [0, 0.05) is 64.6 Å². The first kappa shape index (κ1) is 39.5. The minimum absolute atomic E-state index is 0.610. The van der Waals surface area contributed by atoms with Gasteiger partial charge in [0.1, 0.15) is 0 Å². The Morgan fingerprint density at radius 2 is 0.809 bits per heavy atom. The molecule has 0 atom stereocenters. The third-order valence-corrected chi connectivity index (χ3v) is 14.1. The van der Waals surface area contributed by atoms with Crippen molar-refractivity contribution in [2.75, 3.05) is 0 Å². The average Bonchev–Trinajstić information content (AvgIpc) is 3.99. The third kappa shape index (κ3) is 6.86. The molecule has 6 heteroatoms. The summed E-state index contributed by atoms with van der Waals surface area (Å²) in [5, 5.41) is 4.77. The number of pyridine rings is 1. The lowest BCUT2D eigenvalue weighted by Crippen LogP contribution is -2.01. The van der Waals surface area contributed by atoms with Gasteiger partial charge in [-0.1, -0.05) is 200 Å². The molecule has 0 aliphatic heterocycles. The number of thiophene rings is 1. The number of hydrogen-bond donors (Lipinski definition) is 0. The molecule has 68 heavy (non-hydrogen) atoms. The molecule has 0 saturated heterocycles. The van der Waals surface area contributed by atoms with E-state index < -0.39 is 0 Å². The van der Waals surface area contributed by atoms with Crippen molar-refractivity contribution in [3.8, 4) is 83.8 Å². The zero-order valence-electron chi connectivity index (χ0n) is 36.7. The maximum absolute atomic E-state index is 5.45. The minimum atomic E-state index is 0.610. The van der Waals surface area contributed by atoms with Crippen LogP contribution in [0.4, 0.5) is 0 Å². The Kier molecular flexibility index (Phi) is 9.62. The van der Waals surface area contributed by atoms with E-state index in [0.29, 0.717) is 17.5 Å². The van der Waals surface area contributed by atoms with Crippen LogP contribution in [0.1, 0.15) is 0 Å². The molecule has 0 spiro atoms. The maximum atomic E-state index is 5.45. The monoisotopic (exact) mass is 885 g/mol. The van der Waals surface area contributed by atoms with Crippen molar-refractivity contribution in [1.82, 2.24) is 24.5 Å². The summed E-state index contributed by atoms with van der Waals surface area (Å²) in [5.74, 6) is 1.85. The molecule has 4 aromatic heterocycles. The number of hydrogen-bond acceptors (Lipinski definition) is 5. The van der Waals surface area contributed by atoms with Crippen LogP contribution in [0.15, 0.2) is 237 Å². The van der Waals surface area contributed by atoms with Crippen molar-refractivity contribution in [1.29, 1.82) is 0 Å². The molecule has 0 aliphatic carbocycles. The second-order valence-corrected chi connectivity index (χ2v) is 18.0. The Morgan fingerprint density at radius 1 is 0.324 bits per heavy atom. The highest BCUT2D eigenvalue weighted by atomic mass is 32.1. The second kappa shape index (κ2) is 16.5. The van der Waals surface area contributed by atoms with Crippen molar-refractivity contribution < 1.29 is 0 Å². The van der Waals surface area contributed by atoms with Crippen LogP contribution >= 0.6 is 11.3 Å². The molecule has 0 saturated carbocycles. The van der Waals surface area contributed by atoms with Crippen LogP contribution < -0.4 is 0 Å². The van der Waals surface area contributed by atoms with E-state index in [1.54, 1.807) is 0 Å². The highest BCUT2D eigenvalue weighted by Crippen LogP contribution is 2.50. The summed E-state index contributed by atoms with van der Waals surface area (Å²) in [7, 11) is 0. The third-order valence-electron chi connectivity index (χ3n) is 12.8. The summed E-state index contributed by atoms with van der Waals surface area (Å²) in [6, 6.07) is 83.2. The SMILES string of the molecule is c1ccc(-c2nc(-c3ccc(-c4cccc(-c5nc6ccccc6c6sc(-c7ccccc7)c(-c7ccccc7)c56)c4)cc3)nc(-c3cccc(-n4c5ccccc5c5ccccc54)c3)n2)cc1. The van der Waals surface area contributed by atoms with Crippen LogP contribution in [0, 0.1) is 0 Å². The van der Waals surface area contributed by atoms with Crippen LogP contribution in [-0.2, 0) is 0 Å². The van der Waals surface area contributed by atoms with Crippen molar-refractivity contribution in [2.24, 2.45) is 0 Å². The van der Waals surface area contributed by atoms with E-state index >= 15 is 0 Å². The smallest absolute Gasteiger partial charge is 0.164 e. The molecule has 13 rings (SSSR count). The second-order valence-electron chi connectivity index (χ2n) is 17.0. The lowest BCUT2D eigenvalue weighted by atomic mass is 9.94. The molecule has 0 radical (unpaired) electrons. The lowest BCUT2D eigenvalue weighted by molar-refractivity contribution is 1.07. The van der Waals surface area contributed by atoms with E-state index in [9.17, 15) is 0 Å². The Morgan fingerprint density at radius 3 is 1.49 bits per heavy atom. The van der Waals surface area contributed by atoms with Gasteiger partial charge >= 0.3 is 0 Å². The number of para-hydroxylation sites is 3. The Hall–Kier alpha value is -8.84. The highest BCUT2D eigenvalue weighted by Gasteiger charge is 2.23. The fraction of sp³-hybridized carbons (Fsp3) is 0. The lowest BCUT2D eigenvalue weighted by Gasteiger charge is -2.12. The molecule has 0 aliphatic rings. The van der Waals surface area contributed by atoms with Gasteiger partial charge in [-0.05, 0) is 58.7 Å². The molecular formula is C62H39N5S. The summed E-state index contributed by atoms with van der Waals surface area (Å²) in [5.41, 5.74) is 14.9. The Balaban J connectivity index is 0.911. The average molecular weight is 886 g/mol. The van der Waals surface area contributed by atoms with E-state index in [0.717, 1.165) is 66.7 Å². The van der Waals surface area contributed by atoms with Crippen LogP contribution in [0.2, 0.25) is 0 Å². The van der Waals surface area contributed by atoms with E-state index in [4.69, 9.17) is 19.9 Å². The summed E-state index contributed by atoms with van der Waals surface area (Å²) in [4.78, 5) is 22.1. The van der Waals surface area contributed by atoms with Gasteiger partial charge < -0.3 is 4.57 Å². The van der Waals surface area contributed by atoms with Gasteiger partial charge in [-0.15, -0.1) is 11.3 Å². The van der Waals surface area contributed by atoms with Crippen molar-refractivity contribution >= 4 is 54.1 Å². The summed E-state index contributed by atoms with van der Waals surface area (Å²) >= 11 is 1.85. The normalized spacial score (nSPS) is 11.5. The summed E-state index contributed by atoms with van der Waals surface area (Å²) in [6.45, 7) is 0. The molecule has 0 bridgehead atoms. The van der Waals surface area contributed by atoms with Crippen LogP contribution in [0.3, 0.4) is 0 Å². The van der Waals surface area contributed by atoms with Gasteiger partial charge in [-0.3, -0.25) is 0 Å². The van der Waals surface area contributed by atoms with Crippen LogP contribution in [0.25, 0.3) is 127 Å². The van der Waals surface area contributed by atoms with Crippen molar-refractivity contribution in [3.63, 3.8) is 0 Å². The summed E-state index contributed by atoms with van der Waals surface area (Å²) < 4.78 is 3.56. The first-order valence-corrected chi connectivity index (χ1v) is 23.6. The highest BCUT2D eigenvalue weighted by molar-refractivity contribution is 7.24. The number of nitrogens with zero attached hydrogens (tertiary/aromatic N) is 5. The molecule has 5 nitrogen and oxygen atoms in total. The largest absolute Gasteiger partial charge is 0.309 e. The van der Waals surface area contributed by atoms with E-state index in [-0.39, 0.29) is 0 Å². The fourth-order valence-corrected chi connectivity index (χ4v) is 11.0. The first-order valence-electron chi connectivity index (χ1n) is 22.8. The predicted octanol–water partition coefficient (Wildman–Crippen LogP) is 16.4. The topological polar surface area (TPSA) is 56.5 Å². The standard InChI is InChI=1S/C62H39N5S/c1-4-18-41(19-5-1)55-56-57(63-52-31-13-10-30-51(52)59(56)68-58(55)42-20-6-2-7-21-42)46-25-16-24-45(38-46)40-34-36-44(37-35-40)61-64-60(43-22-8-3-9-23-43)65-62(66-61)47-26-17-27-48(39-47)67-53-32-14-11-28-49(53)50-29-12-15-33-54(50)67/h1-39H. The van der Waals surface area contributed by atoms with Crippen LogP contribution in [-0.4, -0.2) is 24.5 Å². The van der Waals surface area contributed by atoms with Gasteiger partial charge in [0.05, 0.1) is 22.2 Å². The molecule has 0 amide bonds. The fourth-order valence-electron chi connectivity index (χ4n) is 9.66. The number of rotatable bonds is 8. The van der Waals surface area contributed by atoms with Gasteiger partial charge in [-0.2, -0.15) is 0 Å². The van der Waals surface area contributed by atoms with Gasteiger partial charge in [0.15, 0.2) is 17.5 Å². The number of benzene rings is 9. The van der Waals surface area contributed by atoms with Gasteiger partial charge in [-0.25, -0.2) is 19.9 Å². The van der Waals surface area contributed by atoms with E-state index in [2.05, 4.69) is 211 Å². The molecule has 0 fully saturated rings. The molecule has 0 N–H and O–H groups in total. The molecule has 0 unspecified atom stereocenters. The van der Waals surface area contributed by atoms with Crippen molar-refractivity contribution in [3.05, 3.63) is 237 Å². The summed E-state index contributed by atoms with van der Waals surface area (Å²) in [6.07, 6.45) is 0. The van der Waals surface area contributed by atoms with Crippen LogP contribution in [0.5, 0.6) is 0 Å². The van der Waals surface area contributed by atoms with Gasteiger partial charge in [0.2, 0.25) is 0 Å². The maximum Gasteiger partial charge on any atom is 0.164 e. The number of fused-ring (bicyclic) bond motifs is 6. The Bertz CT molecular complexity index is 3960. The molecule has 318 valence electrons. The molecular weight excluding hydrogens is 847 g/mol.